The molecule has 1 amide bonds. The van der Waals surface area contributed by atoms with E-state index in [9.17, 15) is 4.79 Å². The summed E-state index contributed by atoms with van der Waals surface area (Å²) in [4.78, 5) is 30.3. The zero-order chi connectivity index (χ0) is 19.5. The molecule has 4 heterocycles. The van der Waals surface area contributed by atoms with Gasteiger partial charge in [0.25, 0.3) is 0 Å². The number of amides is 1. The number of rotatable bonds is 2. The van der Waals surface area contributed by atoms with Crippen LogP contribution < -0.4 is 11.1 Å². The Bertz CT molecular complexity index is 1250. The summed E-state index contributed by atoms with van der Waals surface area (Å²) < 4.78 is 1.81. The first kappa shape index (κ1) is 16.6. The number of anilines is 2. The van der Waals surface area contributed by atoms with E-state index >= 15 is 0 Å². The van der Waals surface area contributed by atoms with E-state index in [0.29, 0.717) is 33.6 Å². The van der Waals surface area contributed by atoms with Crippen LogP contribution >= 0.6 is 11.6 Å². The molecule has 28 heavy (non-hydrogen) atoms. The monoisotopic (exact) mass is 391 g/mol. The molecule has 1 unspecified atom stereocenters. The molecule has 0 spiro atoms. The molecule has 0 saturated heterocycles. The van der Waals surface area contributed by atoms with Crippen molar-refractivity contribution in [3.63, 3.8) is 0 Å². The number of aromatic nitrogens is 5. The minimum atomic E-state index is -1.01. The van der Waals surface area contributed by atoms with Crippen LogP contribution in [0.25, 0.3) is 17.2 Å². The highest BCUT2D eigenvalue weighted by molar-refractivity contribution is 6.30. The van der Waals surface area contributed by atoms with Gasteiger partial charge in [0.2, 0.25) is 5.91 Å². The van der Waals surface area contributed by atoms with Crippen LogP contribution in [0.4, 0.5) is 11.6 Å². The lowest BCUT2D eigenvalue weighted by molar-refractivity contribution is -0.119. The van der Waals surface area contributed by atoms with Crippen LogP contribution in [-0.4, -0.2) is 30.2 Å². The van der Waals surface area contributed by atoms with Crippen LogP contribution in [0.1, 0.15) is 18.1 Å². The number of nitrogens with two attached hydrogens (primary N) is 1. The van der Waals surface area contributed by atoms with Crippen molar-refractivity contribution in [2.75, 3.05) is 11.1 Å². The van der Waals surface area contributed by atoms with E-state index in [0.717, 1.165) is 5.56 Å². The van der Waals surface area contributed by atoms with E-state index in [-0.39, 0.29) is 11.7 Å². The number of imidazole rings is 1. The van der Waals surface area contributed by atoms with Crippen molar-refractivity contribution >= 4 is 34.8 Å². The molecular formula is C19H14ClN7O. The van der Waals surface area contributed by atoms with Crippen molar-refractivity contribution in [1.29, 1.82) is 0 Å². The lowest BCUT2D eigenvalue weighted by Crippen LogP contribution is -2.32. The lowest BCUT2D eigenvalue weighted by Gasteiger charge is -2.23. The average molecular weight is 392 g/mol. The lowest BCUT2D eigenvalue weighted by atomic mass is 9.78. The SMILES string of the molecule is CC1(c2ccc(Cl)cc2)C(=O)Nc2nc(-c3cn4ccnc4cn3)nc(N)c21. The van der Waals surface area contributed by atoms with E-state index in [4.69, 9.17) is 17.3 Å². The van der Waals surface area contributed by atoms with Crippen molar-refractivity contribution in [2.24, 2.45) is 0 Å². The van der Waals surface area contributed by atoms with Crippen LogP contribution in [0.3, 0.4) is 0 Å². The Balaban J connectivity index is 1.66. The standard InChI is InChI=1S/C19H14ClN7O/c1-19(10-2-4-11(20)5-3-10)14-15(21)24-16(25-17(14)26-18(19)28)12-9-27-7-6-22-13(27)8-23-12/h2-9H,1H3,(H3,21,24,25,26,28). The van der Waals surface area contributed by atoms with Gasteiger partial charge in [0.1, 0.15) is 22.7 Å². The van der Waals surface area contributed by atoms with Gasteiger partial charge in [0.15, 0.2) is 11.5 Å². The Kier molecular flexibility index (Phi) is 3.41. The second-order valence-corrected chi connectivity index (χ2v) is 7.14. The van der Waals surface area contributed by atoms with E-state index in [1.165, 1.54) is 0 Å². The number of fused-ring (bicyclic) bond motifs is 2. The zero-order valence-corrected chi connectivity index (χ0v) is 15.5. The Morgan fingerprint density at radius 1 is 1.18 bits per heavy atom. The van der Waals surface area contributed by atoms with Crippen LogP contribution in [0.15, 0.2) is 49.1 Å². The molecule has 1 aromatic carbocycles. The third-order valence-corrected chi connectivity index (χ3v) is 5.30. The van der Waals surface area contributed by atoms with Gasteiger partial charge in [-0.05, 0) is 24.6 Å². The van der Waals surface area contributed by atoms with Gasteiger partial charge in [-0.3, -0.25) is 4.79 Å². The molecule has 1 atom stereocenters. The minimum absolute atomic E-state index is 0.221. The molecule has 8 nitrogen and oxygen atoms in total. The smallest absolute Gasteiger partial charge is 0.240 e. The van der Waals surface area contributed by atoms with Crippen molar-refractivity contribution in [3.8, 4) is 11.5 Å². The predicted molar refractivity (Wildman–Crippen MR) is 105 cm³/mol. The van der Waals surface area contributed by atoms with Crippen molar-refractivity contribution in [3.05, 3.63) is 65.2 Å². The van der Waals surface area contributed by atoms with Gasteiger partial charge in [-0.1, -0.05) is 23.7 Å². The number of benzene rings is 1. The molecule has 1 aliphatic rings. The van der Waals surface area contributed by atoms with Gasteiger partial charge in [-0.15, -0.1) is 0 Å². The highest BCUT2D eigenvalue weighted by Gasteiger charge is 2.47. The first-order valence-electron chi connectivity index (χ1n) is 8.51. The Hall–Kier alpha value is -3.52. The largest absolute Gasteiger partial charge is 0.383 e. The van der Waals surface area contributed by atoms with E-state index in [2.05, 4.69) is 25.3 Å². The Morgan fingerprint density at radius 2 is 1.96 bits per heavy atom. The summed E-state index contributed by atoms with van der Waals surface area (Å²) in [5.74, 6) is 0.717. The van der Waals surface area contributed by atoms with Gasteiger partial charge >= 0.3 is 0 Å². The first-order valence-corrected chi connectivity index (χ1v) is 8.89. The fourth-order valence-electron chi connectivity index (χ4n) is 3.52. The van der Waals surface area contributed by atoms with Crippen molar-refractivity contribution in [2.45, 2.75) is 12.3 Å². The fourth-order valence-corrected chi connectivity index (χ4v) is 3.65. The molecule has 3 aromatic heterocycles. The molecular weight excluding hydrogens is 378 g/mol. The van der Waals surface area contributed by atoms with Gasteiger partial charge in [-0.2, -0.15) is 0 Å². The summed E-state index contributed by atoms with van der Waals surface area (Å²) in [6, 6.07) is 7.09. The third kappa shape index (κ3) is 2.28. The topological polar surface area (TPSA) is 111 Å². The third-order valence-electron chi connectivity index (χ3n) is 5.05. The number of hydrogen-bond donors (Lipinski definition) is 2. The predicted octanol–water partition coefficient (Wildman–Crippen LogP) is 2.68. The molecule has 0 bridgehead atoms. The van der Waals surface area contributed by atoms with Crippen LogP contribution in [0, 0.1) is 0 Å². The molecule has 9 heteroatoms. The van der Waals surface area contributed by atoms with E-state index in [1.54, 1.807) is 56.0 Å². The first-order chi connectivity index (χ1) is 13.5. The Morgan fingerprint density at radius 3 is 2.75 bits per heavy atom. The molecule has 0 aliphatic carbocycles. The van der Waals surface area contributed by atoms with Crippen molar-refractivity contribution in [1.82, 2.24) is 24.3 Å². The molecule has 1 aliphatic heterocycles. The number of halogens is 1. The maximum Gasteiger partial charge on any atom is 0.240 e. The zero-order valence-electron chi connectivity index (χ0n) is 14.7. The quantitative estimate of drug-likeness (QED) is 0.543. The number of nitrogens with zero attached hydrogens (tertiary/aromatic N) is 5. The summed E-state index contributed by atoms with van der Waals surface area (Å²) >= 11 is 5.99. The summed E-state index contributed by atoms with van der Waals surface area (Å²) in [6.45, 7) is 1.80. The van der Waals surface area contributed by atoms with Crippen LogP contribution in [-0.2, 0) is 10.2 Å². The number of nitrogen functional groups attached to an aromatic ring is 1. The van der Waals surface area contributed by atoms with E-state index in [1.807, 2.05) is 4.40 Å². The van der Waals surface area contributed by atoms with Gasteiger partial charge < -0.3 is 15.5 Å². The molecule has 138 valence electrons. The molecule has 3 N–H and O–H groups in total. The minimum Gasteiger partial charge on any atom is -0.383 e. The number of hydrogen-bond acceptors (Lipinski definition) is 6. The number of carbonyl (C=O) groups excluding carboxylic acids is 1. The van der Waals surface area contributed by atoms with Crippen LogP contribution in [0.2, 0.25) is 5.02 Å². The maximum absolute atomic E-state index is 12.9. The Labute approximate surface area is 164 Å². The van der Waals surface area contributed by atoms with Crippen molar-refractivity contribution < 1.29 is 4.79 Å². The second kappa shape index (κ2) is 5.74. The summed E-state index contributed by atoms with van der Waals surface area (Å²) in [5.41, 5.74) is 7.82. The number of nitrogens with one attached hydrogen (secondary N) is 1. The molecule has 0 fully saturated rings. The number of carbonyl (C=O) groups is 1. The highest BCUT2D eigenvalue weighted by Crippen LogP contribution is 2.44. The molecule has 4 aromatic rings. The van der Waals surface area contributed by atoms with E-state index < -0.39 is 5.41 Å². The maximum atomic E-state index is 12.9. The second-order valence-electron chi connectivity index (χ2n) is 6.71. The summed E-state index contributed by atoms with van der Waals surface area (Å²) in [6.07, 6.45) is 6.87. The van der Waals surface area contributed by atoms with Gasteiger partial charge in [0, 0.05) is 23.6 Å². The molecule has 0 radical (unpaired) electrons. The summed E-state index contributed by atoms with van der Waals surface area (Å²) in [7, 11) is 0. The molecule has 0 saturated carbocycles. The molecule has 5 rings (SSSR count). The summed E-state index contributed by atoms with van der Waals surface area (Å²) in [5, 5.41) is 3.42. The average Bonchev–Trinajstić information content (AvgIpc) is 3.25. The van der Waals surface area contributed by atoms with Crippen LogP contribution in [0.5, 0.6) is 0 Å². The normalized spacial score (nSPS) is 18.3. The van der Waals surface area contributed by atoms with Gasteiger partial charge in [-0.25, -0.2) is 19.9 Å². The highest BCUT2D eigenvalue weighted by atomic mass is 35.5. The van der Waals surface area contributed by atoms with Gasteiger partial charge in [0.05, 0.1) is 11.8 Å². The fraction of sp³-hybridized carbons (Fsp3) is 0.105.